The Morgan fingerprint density at radius 1 is 0.500 bits per heavy atom. The molecule has 4 rings (SSSR count). The van der Waals surface area contributed by atoms with Gasteiger partial charge in [-0.1, -0.05) is 72.8 Å². The summed E-state index contributed by atoms with van der Waals surface area (Å²) >= 11 is 0. The van der Waals surface area contributed by atoms with Crippen LogP contribution in [0.3, 0.4) is 0 Å². The van der Waals surface area contributed by atoms with Crippen molar-refractivity contribution in [3.8, 4) is 11.5 Å². The molecule has 22 heavy (non-hydrogen) atoms. The van der Waals surface area contributed by atoms with Gasteiger partial charge in [0, 0.05) is 11.5 Å². The highest BCUT2D eigenvalue weighted by atomic mass is 16.3. The molecule has 0 aliphatic heterocycles. The van der Waals surface area contributed by atoms with Crippen molar-refractivity contribution in [2.75, 3.05) is 0 Å². The van der Waals surface area contributed by atoms with Crippen LogP contribution in [0.2, 0.25) is 0 Å². The summed E-state index contributed by atoms with van der Waals surface area (Å²) in [7, 11) is 0. The van der Waals surface area contributed by atoms with Gasteiger partial charge in [0.1, 0.15) is 11.5 Å². The van der Waals surface area contributed by atoms with Crippen LogP contribution < -0.4 is 0 Å². The second kappa shape index (κ2) is 6.19. The van der Waals surface area contributed by atoms with Gasteiger partial charge in [-0.15, -0.1) is 0 Å². The van der Waals surface area contributed by atoms with Gasteiger partial charge in [0.15, 0.2) is 0 Å². The molecule has 2 N–H and O–H groups in total. The number of aromatic hydroxyl groups is 2. The normalized spacial score (nSPS) is 10.2. The molecule has 4 aromatic rings. The number of benzene rings is 4. The summed E-state index contributed by atoms with van der Waals surface area (Å²) in [4.78, 5) is 0. The van der Waals surface area contributed by atoms with Crippen molar-refractivity contribution < 1.29 is 10.2 Å². The molecule has 0 aliphatic carbocycles. The van der Waals surface area contributed by atoms with Crippen LogP contribution in [0, 0.1) is 0 Å². The lowest BCUT2D eigenvalue weighted by Crippen LogP contribution is -1.73. The molecular formula is C20H16O2. The van der Waals surface area contributed by atoms with Crippen molar-refractivity contribution in [3.05, 3.63) is 84.9 Å². The van der Waals surface area contributed by atoms with E-state index in [2.05, 4.69) is 48.5 Å². The summed E-state index contributed by atoms with van der Waals surface area (Å²) in [6.45, 7) is 0. The first-order valence-corrected chi connectivity index (χ1v) is 7.08. The van der Waals surface area contributed by atoms with Gasteiger partial charge in [-0.25, -0.2) is 0 Å². The van der Waals surface area contributed by atoms with Crippen LogP contribution in [0.25, 0.3) is 21.5 Å². The van der Waals surface area contributed by atoms with Crippen molar-refractivity contribution in [2.45, 2.75) is 0 Å². The molecule has 0 atom stereocenters. The van der Waals surface area contributed by atoms with Crippen molar-refractivity contribution in [1.82, 2.24) is 0 Å². The first-order chi connectivity index (χ1) is 10.7. The van der Waals surface area contributed by atoms with Crippen LogP contribution >= 0.6 is 0 Å². The average Bonchev–Trinajstić information content (AvgIpc) is 2.55. The Morgan fingerprint density at radius 3 is 1.50 bits per heavy atom. The Labute approximate surface area is 128 Å². The molecule has 0 aromatic heterocycles. The van der Waals surface area contributed by atoms with Gasteiger partial charge < -0.3 is 10.2 Å². The van der Waals surface area contributed by atoms with Crippen LogP contribution in [-0.2, 0) is 0 Å². The van der Waals surface area contributed by atoms with Gasteiger partial charge in [0.05, 0.1) is 0 Å². The molecule has 0 aliphatic rings. The van der Waals surface area contributed by atoms with Gasteiger partial charge in [0.2, 0.25) is 0 Å². The van der Waals surface area contributed by atoms with Gasteiger partial charge >= 0.3 is 0 Å². The molecule has 0 amide bonds. The SMILES string of the molecule is Oc1cc(O)c2ccccc2c1.c1ccc2ccccc2c1. The number of phenolic OH excluding ortho intramolecular Hbond substituents is 2. The Kier molecular flexibility index (Phi) is 3.92. The quantitative estimate of drug-likeness (QED) is 0.473. The maximum Gasteiger partial charge on any atom is 0.127 e. The third kappa shape index (κ3) is 3.01. The standard InChI is InChI=1S/C10H8O2.C10H8/c11-8-5-7-3-1-2-4-9(7)10(12)6-8;1-2-6-10-8-4-3-7-9(10)5-1/h1-6,11-12H;1-8H. The number of rotatable bonds is 0. The van der Waals surface area contributed by atoms with Crippen LogP contribution in [-0.4, -0.2) is 10.2 Å². The fourth-order valence-electron chi connectivity index (χ4n) is 2.41. The lowest BCUT2D eigenvalue weighted by atomic mass is 10.1. The van der Waals surface area contributed by atoms with E-state index in [9.17, 15) is 5.11 Å². The number of hydrogen-bond donors (Lipinski definition) is 2. The minimum atomic E-state index is 0.0891. The summed E-state index contributed by atoms with van der Waals surface area (Å²) in [5.41, 5.74) is 0. The molecule has 2 heteroatoms. The molecule has 0 saturated heterocycles. The minimum absolute atomic E-state index is 0.0891. The van der Waals surface area contributed by atoms with Crippen LogP contribution in [0.1, 0.15) is 0 Å². The average molecular weight is 288 g/mol. The Balaban J connectivity index is 0.000000133. The molecule has 0 saturated carbocycles. The highest BCUT2D eigenvalue weighted by Gasteiger charge is 1.99. The predicted molar refractivity (Wildman–Crippen MR) is 91.2 cm³/mol. The topological polar surface area (TPSA) is 40.5 Å². The van der Waals surface area contributed by atoms with Crippen molar-refractivity contribution in [1.29, 1.82) is 0 Å². The smallest absolute Gasteiger partial charge is 0.127 e. The maximum absolute atomic E-state index is 9.39. The summed E-state index contributed by atoms with van der Waals surface area (Å²) < 4.78 is 0. The first-order valence-electron chi connectivity index (χ1n) is 7.08. The van der Waals surface area contributed by atoms with Crippen molar-refractivity contribution in [2.24, 2.45) is 0 Å². The monoisotopic (exact) mass is 288 g/mol. The lowest BCUT2D eigenvalue weighted by molar-refractivity contribution is 0.455. The zero-order chi connectivity index (χ0) is 15.4. The second-order valence-electron chi connectivity index (χ2n) is 5.03. The van der Waals surface area contributed by atoms with E-state index >= 15 is 0 Å². The van der Waals surface area contributed by atoms with E-state index in [1.54, 1.807) is 6.07 Å². The fraction of sp³-hybridized carbons (Fsp3) is 0. The first kappa shape index (κ1) is 14.0. The van der Waals surface area contributed by atoms with E-state index in [1.807, 2.05) is 24.3 Å². The number of fused-ring (bicyclic) bond motifs is 2. The molecule has 108 valence electrons. The largest absolute Gasteiger partial charge is 0.508 e. The zero-order valence-corrected chi connectivity index (χ0v) is 12.0. The zero-order valence-electron chi connectivity index (χ0n) is 12.0. The van der Waals surface area contributed by atoms with Gasteiger partial charge in [-0.2, -0.15) is 0 Å². The molecule has 0 fully saturated rings. The number of phenols is 2. The van der Waals surface area contributed by atoms with Gasteiger partial charge in [-0.3, -0.25) is 0 Å². The Morgan fingerprint density at radius 2 is 0.955 bits per heavy atom. The summed E-state index contributed by atoms with van der Waals surface area (Å²) in [5, 5.41) is 22.8. The molecule has 0 spiro atoms. The molecule has 4 aromatic carbocycles. The summed E-state index contributed by atoms with van der Waals surface area (Å²) in [6.07, 6.45) is 0. The van der Waals surface area contributed by atoms with E-state index in [1.165, 1.54) is 16.8 Å². The third-order valence-electron chi connectivity index (χ3n) is 3.48. The highest BCUT2D eigenvalue weighted by molar-refractivity contribution is 5.89. The van der Waals surface area contributed by atoms with E-state index in [0.717, 1.165) is 10.8 Å². The third-order valence-corrected chi connectivity index (χ3v) is 3.48. The fourth-order valence-corrected chi connectivity index (χ4v) is 2.41. The summed E-state index contributed by atoms with van der Waals surface area (Å²) in [6, 6.07) is 27.0. The van der Waals surface area contributed by atoms with Gasteiger partial charge in [-0.05, 0) is 22.2 Å². The van der Waals surface area contributed by atoms with E-state index in [-0.39, 0.29) is 11.5 Å². The maximum atomic E-state index is 9.39. The van der Waals surface area contributed by atoms with E-state index in [4.69, 9.17) is 5.11 Å². The molecule has 0 unspecified atom stereocenters. The predicted octanol–water partition coefficient (Wildman–Crippen LogP) is 5.09. The highest BCUT2D eigenvalue weighted by Crippen LogP contribution is 2.28. The van der Waals surface area contributed by atoms with Crippen LogP contribution in [0.5, 0.6) is 11.5 Å². The second-order valence-corrected chi connectivity index (χ2v) is 5.03. The van der Waals surface area contributed by atoms with E-state index in [0.29, 0.717) is 0 Å². The summed E-state index contributed by atoms with van der Waals surface area (Å²) in [5.74, 6) is 0.205. The lowest BCUT2D eigenvalue weighted by Gasteiger charge is -2.00. The van der Waals surface area contributed by atoms with Crippen molar-refractivity contribution in [3.63, 3.8) is 0 Å². The molecule has 0 bridgehead atoms. The molecule has 0 heterocycles. The Bertz CT molecular complexity index is 848. The Hall–Kier alpha value is -3.00. The van der Waals surface area contributed by atoms with Crippen LogP contribution in [0.15, 0.2) is 84.9 Å². The van der Waals surface area contributed by atoms with Crippen molar-refractivity contribution >= 4 is 21.5 Å². The molecule has 2 nitrogen and oxygen atoms in total. The van der Waals surface area contributed by atoms with E-state index < -0.39 is 0 Å². The number of hydrogen-bond acceptors (Lipinski definition) is 2. The molecular weight excluding hydrogens is 272 g/mol. The minimum Gasteiger partial charge on any atom is -0.508 e. The van der Waals surface area contributed by atoms with Crippen LogP contribution in [0.4, 0.5) is 0 Å². The van der Waals surface area contributed by atoms with Gasteiger partial charge in [0.25, 0.3) is 0 Å². The molecule has 0 radical (unpaired) electrons.